The molecule has 5 atom stereocenters. The Morgan fingerprint density at radius 3 is 2.56 bits per heavy atom. The van der Waals surface area contributed by atoms with E-state index in [4.69, 9.17) is 0 Å². The number of hydrogen-bond acceptors (Lipinski definition) is 3. The second-order valence-electron chi connectivity index (χ2n) is 6.83. The van der Waals surface area contributed by atoms with Crippen molar-refractivity contribution in [2.45, 2.75) is 52.2 Å². The molecule has 1 fully saturated rings. The highest BCUT2D eigenvalue weighted by molar-refractivity contribution is 5.92. The van der Waals surface area contributed by atoms with Crippen LogP contribution in [0.1, 0.15) is 40.5 Å². The van der Waals surface area contributed by atoms with Gasteiger partial charge in [0.15, 0.2) is 5.78 Å². The summed E-state index contributed by atoms with van der Waals surface area (Å²) in [7, 11) is 0. The Morgan fingerprint density at radius 2 is 2.00 bits per heavy atom. The first-order chi connectivity index (χ1) is 8.16. The molecule has 3 heteroatoms. The van der Waals surface area contributed by atoms with Crippen molar-refractivity contribution in [2.24, 2.45) is 23.2 Å². The maximum absolute atomic E-state index is 11.8. The van der Waals surface area contributed by atoms with Gasteiger partial charge in [0.25, 0.3) is 0 Å². The van der Waals surface area contributed by atoms with Gasteiger partial charge in [-0.15, -0.1) is 0 Å². The third kappa shape index (κ3) is 2.04. The monoisotopic (exact) mass is 252 g/mol. The topological polar surface area (TPSA) is 57.5 Å². The van der Waals surface area contributed by atoms with Crippen molar-refractivity contribution in [3.8, 4) is 0 Å². The molecule has 2 rings (SSSR count). The summed E-state index contributed by atoms with van der Waals surface area (Å²) in [4.78, 5) is 11.8. The van der Waals surface area contributed by atoms with Crippen LogP contribution in [0.3, 0.4) is 0 Å². The number of carbonyl (C=O) groups is 1. The number of hydrogen-bond donors (Lipinski definition) is 2. The lowest BCUT2D eigenvalue weighted by Gasteiger charge is -2.52. The van der Waals surface area contributed by atoms with E-state index >= 15 is 0 Å². The molecule has 2 aliphatic rings. The summed E-state index contributed by atoms with van der Waals surface area (Å²) < 4.78 is 0. The van der Waals surface area contributed by atoms with Gasteiger partial charge in [0, 0.05) is 11.3 Å². The molecule has 0 aliphatic heterocycles. The van der Waals surface area contributed by atoms with Crippen molar-refractivity contribution in [3.63, 3.8) is 0 Å². The van der Waals surface area contributed by atoms with E-state index < -0.39 is 11.7 Å². The zero-order chi connectivity index (χ0) is 13.7. The Labute approximate surface area is 109 Å². The van der Waals surface area contributed by atoms with Gasteiger partial charge in [-0.3, -0.25) is 4.79 Å². The summed E-state index contributed by atoms with van der Waals surface area (Å²) in [6.45, 7) is 7.55. The molecule has 102 valence electrons. The summed E-state index contributed by atoms with van der Waals surface area (Å²) >= 11 is 0. The van der Waals surface area contributed by atoms with Crippen molar-refractivity contribution in [2.75, 3.05) is 0 Å². The van der Waals surface area contributed by atoms with E-state index in [1.54, 1.807) is 19.9 Å². The second kappa shape index (κ2) is 4.17. The zero-order valence-corrected chi connectivity index (χ0v) is 11.7. The van der Waals surface area contributed by atoms with Crippen molar-refractivity contribution >= 4 is 5.78 Å². The highest BCUT2D eigenvalue weighted by Crippen LogP contribution is 2.52. The normalized spacial score (nSPS) is 44.9. The minimum Gasteiger partial charge on any atom is -0.392 e. The van der Waals surface area contributed by atoms with Crippen LogP contribution in [0.5, 0.6) is 0 Å². The van der Waals surface area contributed by atoms with Crippen LogP contribution < -0.4 is 0 Å². The predicted molar refractivity (Wildman–Crippen MR) is 69.9 cm³/mol. The van der Waals surface area contributed by atoms with E-state index in [1.807, 2.05) is 19.9 Å². The standard InChI is InChI=1S/C15H24O3/c1-9-11-7-10(14(2,3)18)8-13(17)15(11,4)6-5-12(9)16/h5-6,9-11,13,17-18H,7-8H2,1-4H3/t9-,10+,11+,13+,15+/m1/s1. The Kier molecular flexibility index (Phi) is 3.19. The fraction of sp³-hybridized carbons (Fsp3) is 0.800. The van der Waals surface area contributed by atoms with Gasteiger partial charge < -0.3 is 10.2 Å². The number of aliphatic hydroxyl groups is 2. The molecule has 0 aromatic rings. The van der Waals surface area contributed by atoms with Gasteiger partial charge in [0.1, 0.15) is 0 Å². The van der Waals surface area contributed by atoms with E-state index in [0.717, 1.165) is 6.42 Å². The Hall–Kier alpha value is -0.670. The van der Waals surface area contributed by atoms with Gasteiger partial charge in [-0.2, -0.15) is 0 Å². The average molecular weight is 252 g/mol. The van der Waals surface area contributed by atoms with Crippen molar-refractivity contribution in [1.29, 1.82) is 0 Å². The maximum Gasteiger partial charge on any atom is 0.158 e. The molecule has 0 heterocycles. The molecule has 2 N–H and O–H groups in total. The molecule has 0 spiro atoms. The van der Waals surface area contributed by atoms with Crippen LogP contribution in [0.4, 0.5) is 0 Å². The van der Waals surface area contributed by atoms with E-state index in [9.17, 15) is 15.0 Å². The van der Waals surface area contributed by atoms with Gasteiger partial charge in [-0.25, -0.2) is 0 Å². The first-order valence-electron chi connectivity index (χ1n) is 6.79. The van der Waals surface area contributed by atoms with E-state index in [-0.39, 0.29) is 29.0 Å². The number of aliphatic hydroxyl groups excluding tert-OH is 1. The van der Waals surface area contributed by atoms with E-state index in [0.29, 0.717) is 6.42 Å². The Morgan fingerprint density at radius 1 is 1.39 bits per heavy atom. The van der Waals surface area contributed by atoms with Crippen LogP contribution in [0.25, 0.3) is 0 Å². The molecule has 0 aromatic carbocycles. The Balaban J connectivity index is 2.33. The summed E-state index contributed by atoms with van der Waals surface area (Å²) in [5.41, 5.74) is -1.12. The minimum atomic E-state index is -0.799. The molecular weight excluding hydrogens is 228 g/mol. The Bertz CT molecular complexity index is 380. The summed E-state index contributed by atoms with van der Waals surface area (Å²) in [6.07, 6.45) is 4.41. The molecule has 0 amide bonds. The number of fused-ring (bicyclic) bond motifs is 1. The first kappa shape index (κ1) is 13.8. The van der Waals surface area contributed by atoms with E-state index in [1.165, 1.54) is 0 Å². The van der Waals surface area contributed by atoms with Gasteiger partial charge >= 0.3 is 0 Å². The molecule has 2 aliphatic carbocycles. The summed E-state index contributed by atoms with van der Waals surface area (Å²) in [5.74, 6) is 0.239. The highest BCUT2D eigenvalue weighted by Gasteiger charge is 2.52. The van der Waals surface area contributed by atoms with Crippen molar-refractivity contribution in [3.05, 3.63) is 12.2 Å². The molecule has 3 nitrogen and oxygen atoms in total. The lowest BCUT2D eigenvalue weighted by Crippen LogP contribution is -2.53. The molecule has 1 saturated carbocycles. The van der Waals surface area contributed by atoms with Gasteiger partial charge in [-0.1, -0.05) is 19.9 Å². The lowest BCUT2D eigenvalue weighted by molar-refractivity contribution is -0.133. The third-order valence-electron chi connectivity index (χ3n) is 5.22. The molecular formula is C15H24O3. The average Bonchev–Trinajstić information content (AvgIpc) is 2.25. The number of allylic oxidation sites excluding steroid dienone is 1. The molecule has 0 bridgehead atoms. The summed E-state index contributed by atoms with van der Waals surface area (Å²) in [6, 6.07) is 0. The summed E-state index contributed by atoms with van der Waals surface area (Å²) in [5, 5.41) is 20.6. The van der Waals surface area contributed by atoms with Gasteiger partial charge in [-0.05, 0) is 44.6 Å². The van der Waals surface area contributed by atoms with Crippen molar-refractivity contribution < 1.29 is 15.0 Å². The molecule has 0 aromatic heterocycles. The minimum absolute atomic E-state index is 0.0484. The first-order valence-corrected chi connectivity index (χ1v) is 6.79. The SMILES string of the molecule is C[C@H]1C(=O)C=C[C@]2(C)[C@@H](O)C[C@@H](C(C)(C)O)C[C@@H]12. The van der Waals surface area contributed by atoms with Gasteiger partial charge in [0.2, 0.25) is 0 Å². The second-order valence-corrected chi connectivity index (χ2v) is 6.83. The molecule has 0 unspecified atom stereocenters. The van der Waals surface area contributed by atoms with Crippen LogP contribution >= 0.6 is 0 Å². The molecule has 18 heavy (non-hydrogen) atoms. The maximum atomic E-state index is 11.8. The van der Waals surface area contributed by atoms with Crippen LogP contribution in [-0.2, 0) is 4.79 Å². The highest BCUT2D eigenvalue weighted by atomic mass is 16.3. The number of ketones is 1. The fourth-order valence-corrected chi connectivity index (χ4v) is 3.59. The van der Waals surface area contributed by atoms with Crippen molar-refractivity contribution in [1.82, 2.24) is 0 Å². The molecule has 0 radical (unpaired) electrons. The van der Waals surface area contributed by atoms with Crippen LogP contribution in [0.2, 0.25) is 0 Å². The van der Waals surface area contributed by atoms with Crippen LogP contribution in [0, 0.1) is 23.2 Å². The van der Waals surface area contributed by atoms with E-state index in [2.05, 4.69) is 0 Å². The molecule has 0 saturated heterocycles. The smallest absolute Gasteiger partial charge is 0.158 e. The third-order valence-corrected chi connectivity index (χ3v) is 5.22. The van der Waals surface area contributed by atoms with Crippen LogP contribution in [0.15, 0.2) is 12.2 Å². The predicted octanol–water partition coefficient (Wildman–Crippen LogP) is 1.93. The fourth-order valence-electron chi connectivity index (χ4n) is 3.59. The van der Waals surface area contributed by atoms with Crippen LogP contribution in [-0.4, -0.2) is 27.7 Å². The van der Waals surface area contributed by atoms with Gasteiger partial charge in [0.05, 0.1) is 11.7 Å². The quantitative estimate of drug-likeness (QED) is 0.749. The largest absolute Gasteiger partial charge is 0.392 e. The lowest BCUT2D eigenvalue weighted by atomic mass is 9.54. The zero-order valence-electron chi connectivity index (χ0n) is 11.7. The number of rotatable bonds is 1. The number of carbonyl (C=O) groups excluding carboxylic acids is 1.